The van der Waals surface area contributed by atoms with Crippen LogP contribution in [0.25, 0.3) is 0 Å². The first-order valence-electron chi connectivity index (χ1n) is 7.58. The molecule has 1 aromatic heterocycles. The van der Waals surface area contributed by atoms with E-state index in [9.17, 15) is 0 Å². The Labute approximate surface area is 117 Å². The van der Waals surface area contributed by atoms with Crippen molar-refractivity contribution < 1.29 is 0 Å². The molecule has 0 radical (unpaired) electrons. The van der Waals surface area contributed by atoms with Gasteiger partial charge in [0.2, 0.25) is 0 Å². The van der Waals surface area contributed by atoms with Crippen LogP contribution in [0, 0.1) is 5.92 Å². The van der Waals surface area contributed by atoms with Gasteiger partial charge < -0.3 is 10.2 Å². The third-order valence-corrected chi connectivity index (χ3v) is 3.77. The van der Waals surface area contributed by atoms with Gasteiger partial charge >= 0.3 is 0 Å². The second-order valence-corrected chi connectivity index (χ2v) is 6.00. The lowest BCUT2D eigenvalue weighted by atomic mass is 10.1. The van der Waals surface area contributed by atoms with Gasteiger partial charge in [0.05, 0.1) is 5.69 Å². The summed E-state index contributed by atoms with van der Waals surface area (Å²) in [7, 11) is 1.97. The Morgan fingerprint density at radius 3 is 2.68 bits per heavy atom. The van der Waals surface area contributed by atoms with E-state index in [-0.39, 0.29) is 0 Å². The first kappa shape index (κ1) is 14.3. The zero-order valence-corrected chi connectivity index (χ0v) is 12.5. The third-order valence-electron chi connectivity index (χ3n) is 3.77. The van der Waals surface area contributed by atoms with Gasteiger partial charge in [-0.3, -0.25) is 0 Å². The van der Waals surface area contributed by atoms with Crippen LogP contribution < -0.4 is 10.2 Å². The number of aromatic nitrogens is 1. The van der Waals surface area contributed by atoms with Gasteiger partial charge in [-0.1, -0.05) is 32.8 Å². The molecule has 19 heavy (non-hydrogen) atoms. The SMILES string of the molecule is CNCc1cccc(N(CC(C)C)C2CCCC2)n1. The van der Waals surface area contributed by atoms with Crippen molar-refractivity contribution in [1.82, 2.24) is 10.3 Å². The highest BCUT2D eigenvalue weighted by Crippen LogP contribution is 2.28. The molecule has 0 aromatic carbocycles. The number of nitrogens with one attached hydrogen (secondary N) is 1. The van der Waals surface area contributed by atoms with Crippen LogP contribution in [-0.2, 0) is 6.54 Å². The van der Waals surface area contributed by atoms with Crippen molar-refractivity contribution >= 4 is 5.82 Å². The van der Waals surface area contributed by atoms with E-state index in [1.165, 1.54) is 25.7 Å². The average Bonchev–Trinajstić information content (AvgIpc) is 2.90. The molecule has 2 rings (SSSR count). The second kappa shape index (κ2) is 6.90. The van der Waals surface area contributed by atoms with E-state index in [1.807, 2.05) is 7.05 Å². The van der Waals surface area contributed by atoms with Gasteiger partial charge in [0.15, 0.2) is 0 Å². The monoisotopic (exact) mass is 261 g/mol. The fourth-order valence-electron chi connectivity index (χ4n) is 2.95. The summed E-state index contributed by atoms with van der Waals surface area (Å²) in [4.78, 5) is 7.36. The lowest BCUT2D eigenvalue weighted by Crippen LogP contribution is -2.37. The largest absolute Gasteiger partial charge is 0.353 e. The van der Waals surface area contributed by atoms with Crippen LogP contribution in [0.1, 0.15) is 45.2 Å². The maximum Gasteiger partial charge on any atom is 0.129 e. The molecule has 0 bridgehead atoms. The number of pyridine rings is 1. The molecule has 0 unspecified atom stereocenters. The van der Waals surface area contributed by atoms with Crippen LogP contribution in [0.5, 0.6) is 0 Å². The molecule has 3 nitrogen and oxygen atoms in total. The summed E-state index contributed by atoms with van der Waals surface area (Å²) in [5.41, 5.74) is 1.13. The summed E-state index contributed by atoms with van der Waals surface area (Å²) in [6.07, 6.45) is 5.39. The molecule has 1 fully saturated rings. The average molecular weight is 261 g/mol. The van der Waals surface area contributed by atoms with Crippen molar-refractivity contribution in [3.8, 4) is 0 Å². The van der Waals surface area contributed by atoms with Gasteiger partial charge in [0.1, 0.15) is 5.82 Å². The van der Waals surface area contributed by atoms with Crippen LogP contribution in [0.15, 0.2) is 18.2 Å². The summed E-state index contributed by atoms with van der Waals surface area (Å²) < 4.78 is 0. The fourth-order valence-corrected chi connectivity index (χ4v) is 2.95. The van der Waals surface area contributed by atoms with E-state index in [1.54, 1.807) is 0 Å². The molecule has 1 aromatic rings. The number of nitrogens with zero attached hydrogens (tertiary/aromatic N) is 2. The fraction of sp³-hybridized carbons (Fsp3) is 0.688. The van der Waals surface area contributed by atoms with Crippen molar-refractivity contribution in [2.24, 2.45) is 5.92 Å². The molecule has 1 aliphatic rings. The summed E-state index contributed by atoms with van der Waals surface area (Å²) in [6.45, 7) is 6.54. The van der Waals surface area contributed by atoms with Crippen LogP contribution in [0.4, 0.5) is 5.82 Å². The van der Waals surface area contributed by atoms with Gasteiger partial charge in [0, 0.05) is 19.1 Å². The molecule has 3 heteroatoms. The Bertz CT molecular complexity index is 383. The minimum absolute atomic E-state index is 0.676. The van der Waals surface area contributed by atoms with E-state index in [4.69, 9.17) is 4.98 Å². The topological polar surface area (TPSA) is 28.2 Å². The van der Waals surface area contributed by atoms with Crippen molar-refractivity contribution in [2.45, 2.75) is 52.1 Å². The summed E-state index contributed by atoms with van der Waals surface area (Å²) in [5.74, 6) is 1.84. The predicted octanol–water partition coefficient (Wildman–Crippen LogP) is 3.21. The molecule has 106 valence electrons. The zero-order chi connectivity index (χ0) is 13.7. The number of hydrogen-bond donors (Lipinski definition) is 1. The van der Waals surface area contributed by atoms with Crippen LogP contribution in [0.3, 0.4) is 0 Å². The normalized spacial score (nSPS) is 16.2. The number of rotatable bonds is 6. The quantitative estimate of drug-likeness (QED) is 0.852. The highest BCUT2D eigenvalue weighted by Gasteiger charge is 2.24. The van der Waals surface area contributed by atoms with Crippen LogP contribution in [-0.4, -0.2) is 24.6 Å². The van der Waals surface area contributed by atoms with Crippen molar-refractivity contribution in [3.63, 3.8) is 0 Å². The summed E-state index contributed by atoms with van der Waals surface area (Å²) >= 11 is 0. The molecule has 0 amide bonds. The standard InChI is InChI=1S/C16H27N3/c1-13(2)12-19(15-8-4-5-9-15)16-10-6-7-14(18-16)11-17-3/h6-7,10,13,15,17H,4-5,8-9,11-12H2,1-3H3. The highest BCUT2D eigenvalue weighted by atomic mass is 15.2. The lowest BCUT2D eigenvalue weighted by Gasteiger charge is -2.32. The van der Waals surface area contributed by atoms with Gasteiger partial charge in [-0.25, -0.2) is 4.98 Å². The van der Waals surface area contributed by atoms with Crippen molar-refractivity contribution in [2.75, 3.05) is 18.5 Å². The second-order valence-electron chi connectivity index (χ2n) is 6.00. The minimum atomic E-state index is 0.676. The summed E-state index contributed by atoms with van der Waals surface area (Å²) in [5, 5.41) is 3.18. The van der Waals surface area contributed by atoms with Crippen molar-refractivity contribution in [3.05, 3.63) is 23.9 Å². The van der Waals surface area contributed by atoms with Crippen LogP contribution >= 0.6 is 0 Å². The Kier molecular flexibility index (Phi) is 5.20. The van der Waals surface area contributed by atoms with Gasteiger partial charge in [-0.05, 0) is 37.9 Å². The zero-order valence-electron chi connectivity index (χ0n) is 12.5. The van der Waals surface area contributed by atoms with Gasteiger partial charge in [-0.15, -0.1) is 0 Å². The number of anilines is 1. The molecule has 0 atom stereocenters. The predicted molar refractivity (Wildman–Crippen MR) is 81.4 cm³/mol. The maximum atomic E-state index is 4.82. The van der Waals surface area contributed by atoms with E-state index < -0.39 is 0 Å². The lowest BCUT2D eigenvalue weighted by molar-refractivity contribution is 0.530. The Balaban J connectivity index is 2.18. The minimum Gasteiger partial charge on any atom is -0.353 e. The molecule has 1 heterocycles. The highest BCUT2D eigenvalue weighted by molar-refractivity contribution is 5.41. The maximum absolute atomic E-state index is 4.82. The smallest absolute Gasteiger partial charge is 0.129 e. The molecule has 1 aliphatic carbocycles. The third kappa shape index (κ3) is 3.93. The first-order chi connectivity index (χ1) is 9.20. The van der Waals surface area contributed by atoms with Gasteiger partial charge in [-0.2, -0.15) is 0 Å². The Morgan fingerprint density at radius 2 is 2.05 bits per heavy atom. The van der Waals surface area contributed by atoms with E-state index >= 15 is 0 Å². The van der Waals surface area contributed by atoms with E-state index in [0.717, 1.165) is 24.6 Å². The van der Waals surface area contributed by atoms with Crippen LogP contribution in [0.2, 0.25) is 0 Å². The molecule has 1 N–H and O–H groups in total. The van der Waals surface area contributed by atoms with E-state index in [0.29, 0.717) is 12.0 Å². The Morgan fingerprint density at radius 1 is 1.32 bits per heavy atom. The first-order valence-corrected chi connectivity index (χ1v) is 7.58. The number of hydrogen-bond acceptors (Lipinski definition) is 3. The Hall–Kier alpha value is -1.09. The molecular weight excluding hydrogens is 234 g/mol. The molecule has 0 saturated heterocycles. The molecule has 0 aliphatic heterocycles. The molecule has 1 saturated carbocycles. The van der Waals surface area contributed by atoms with Gasteiger partial charge in [0.25, 0.3) is 0 Å². The molecular formula is C16H27N3. The molecule has 0 spiro atoms. The van der Waals surface area contributed by atoms with E-state index in [2.05, 4.69) is 42.3 Å². The summed E-state index contributed by atoms with van der Waals surface area (Å²) in [6, 6.07) is 7.10. The van der Waals surface area contributed by atoms with Crippen molar-refractivity contribution in [1.29, 1.82) is 0 Å².